The van der Waals surface area contributed by atoms with Crippen LogP contribution in [0.1, 0.15) is 5.69 Å². The number of rotatable bonds is 3. The molecule has 0 radical (unpaired) electrons. The summed E-state index contributed by atoms with van der Waals surface area (Å²) in [5.41, 5.74) is 2.13. The number of hydrogen-bond acceptors (Lipinski definition) is 3. The number of alkyl halides is 3. The summed E-state index contributed by atoms with van der Waals surface area (Å²) in [4.78, 5) is 5.30. The lowest BCUT2D eigenvalue weighted by Crippen LogP contribution is -2.13. The highest BCUT2D eigenvalue weighted by atomic mass is 32.1. The molecule has 148 valence electrons. The SMILES string of the molecule is FC(F)(F)c1cc(-c2cccs2)nc2c(-c3ccccc3)c(-c3ccccc3)nn12. The third-order valence-corrected chi connectivity index (χ3v) is 5.66. The second kappa shape index (κ2) is 7.11. The molecular formula is C23H14F3N3S. The van der Waals surface area contributed by atoms with E-state index in [9.17, 15) is 13.2 Å². The number of benzene rings is 2. The van der Waals surface area contributed by atoms with E-state index in [1.165, 1.54) is 11.3 Å². The maximum Gasteiger partial charge on any atom is 0.433 e. The van der Waals surface area contributed by atoms with E-state index in [2.05, 4.69) is 10.1 Å². The van der Waals surface area contributed by atoms with Crippen molar-refractivity contribution in [2.24, 2.45) is 0 Å². The second-order valence-electron chi connectivity index (χ2n) is 6.69. The molecule has 0 unspecified atom stereocenters. The number of nitrogens with zero attached hydrogens (tertiary/aromatic N) is 3. The zero-order chi connectivity index (χ0) is 20.7. The zero-order valence-corrected chi connectivity index (χ0v) is 16.3. The summed E-state index contributed by atoms with van der Waals surface area (Å²) in [7, 11) is 0. The Morgan fingerprint density at radius 1 is 0.800 bits per heavy atom. The van der Waals surface area contributed by atoms with Crippen molar-refractivity contribution >= 4 is 17.0 Å². The Hall–Kier alpha value is -3.45. The Balaban J connectivity index is 1.91. The first-order chi connectivity index (χ1) is 14.5. The van der Waals surface area contributed by atoms with Crippen molar-refractivity contribution in [3.8, 4) is 33.0 Å². The largest absolute Gasteiger partial charge is 0.433 e. The monoisotopic (exact) mass is 421 g/mol. The van der Waals surface area contributed by atoms with Crippen LogP contribution in [-0.4, -0.2) is 14.6 Å². The lowest BCUT2D eigenvalue weighted by atomic mass is 10.0. The Kier molecular flexibility index (Phi) is 4.40. The Morgan fingerprint density at radius 3 is 2.07 bits per heavy atom. The quantitative estimate of drug-likeness (QED) is 0.320. The van der Waals surface area contributed by atoms with Crippen molar-refractivity contribution in [3.63, 3.8) is 0 Å². The average Bonchev–Trinajstić information content (AvgIpc) is 3.41. The molecule has 0 saturated heterocycles. The average molecular weight is 421 g/mol. The molecule has 7 heteroatoms. The van der Waals surface area contributed by atoms with Gasteiger partial charge in [0.05, 0.1) is 16.1 Å². The molecule has 3 aromatic heterocycles. The second-order valence-corrected chi connectivity index (χ2v) is 7.64. The highest BCUT2D eigenvalue weighted by Gasteiger charge is 2.36. The van der Waals surface area contributed by atoms with Crippen LogP contribution < -0.4 is 0 Å². The molecule has 0 saturated carbocycles. The van der Waals surface area contributed by atoms with E-state index in [0.29, 0.717) is 16.1 Å². The summed E-state index contributed by atoms with van der Waals surface area (Å²) in [6.07, 6.45) is -4.58. The van der Waals surface area contributed by atoms with Gasteiger partial charge in [-0.25, -0.2) is 9.50 Å². The maximum absolute atomic E-state index is 14.0. The van der Waals surface area contributed by atoms with Crippen molar-refractivity contribution in [1.29, 1.82) is 0 Å². The lowest BCUT2D eigenvalue weighted by molar-refractivity contribution is -0.142. The van der Waals surface area contributed by atoms with Crippen molar-refractivity contribution in [2.75, 3.05) is 0 Å². The van der Waals surface area contributed by atoms with Crippen molar-refractivity contribution in [2.45, 2.75) is 6.18 Å². The van der Waals surface area contributed by atoms with Crippen LogP contribution in [0.3, 0.4) is 0 Å². The third kappa shape index (κ3) is 3.17. The molecule has 5 rings (SSSR count). The summed E-state index contributed by atoms with van der Waals surface area (Å²) in [6, 6.07) is 23.1. The molecular weight excluding hydrogens is 407 g/mol. The predicted molar refractivity (Wildman–Crippen MR) is 112 cm³/mol. The molecule has 3 heterocycles. The van der Waals surface area contributed by atoms with Gasteiger partial charge in [0.25, 0.3) is 0 Å². The molecule has 0 aliphatic carbocycles. The van der Waals surface area contributed by atoms with Gasteiger partial charge in [0.1, 0.15) is 5.69 Å². The van der Waals surface area contributed by atoms with Crippen LogP contribution >= 0.6 is 11.3 Å². The van der Waals surface area contributed by atoms with Gasteiger partial charge >= 0.3 is 6.18 Å². The normalized spacial score (nSPS) is 11.8. The van der Waals surface area contributed by atoms with E-state index in [4.69, 9.17) is 0 Å². The molecule has 5 aromatic rings. The number of aromatic nitrogens is 3. The van der Waals surface area contributed by atoms with Crippen LogP contribution in [0.5, 0.6) is 0 Å². The fourth-order valence-corrected chi connectivity index (χ4v) is 4.12. The molecule has 0 spiro atoms. The standard InChI is InChI=1S/C23H14F3N3S/c24-23(25,26)19-14-17(18-12-7-13-30-18)27-22-20(15-8-3-1-4-9-15)21(28-29(19)22)16-10-5-2-6-11-16/h1-14H. The number of halogens is 3. The van der Waals surface area contributed by atoms with Gasteiger partial charge in [0.2, 0.25) is 0 Å². The highest BCUT2D eigenvalue weighted by Crippen LogP contribution is 2.39. The first-order valence-electron chi connectivity index (χ1n) is 9.18. The number of thiophene rings is 1. The van der Waals surface area contributed by atoms with Gasteiger partial charge in [-0.05, 0) is 23.1 Å². The summed E-state index contributed by atoms with van der Waals surface area (Å²) in [5.74, 6) is 0. The van der Waals surface area contributed by atoms with Crippen LogP contribution in [0.25, 0.3) is 38.6 Å². The summed E-state index contributed by atoms with van der Waals surface area (Å²) >= 11 is 1.35. The van der Waals surface area contributed by atoms with Crippen molar-refractivity contribution in [1.82, 2.24) is 14.6 Å². The van der Waals surface area contributed by atoms with Crippen LogP contribution in [-0.2, 0) is 6.18 Å². The van der Waals surface area contributed by atoms with Crippen molar-refractivity contribution < 1.29 is 13.2 Å². The Morgan fingerprint density at radius 2 is 1.47 bits per heavy atom. The van der Waals surface area contributed by atoms with Gasteiger partial charge in [-0.15, -0.1) is 11.3 Å². The van der Waals surface area contributed by atoms with E-state index in [1.807, 2.05) is 66.0 Å². The van der Waals surface area contributed by atoms with E-state index < -0.39 is 11.9 Å². The van der Waals surface area contributed by atoms with Crippen LogP contribution in [0.4, 0.5) is 13.2 Å². The minimum atomic E-state index is -4.58. The summed E-state index contributed by atoms with van der Waals surface area (Å²) in [5, 5.41) is 6.20. The molecule has 0 N–H and O–H groups in total. The Bertz CT molecular complexity index is 1310. The number of hydrogen-bond donors (Lipinski definition) is 0. The summed E-state index contributed by atoms with van der Waals surface area (Å²) in [6.45, 7) is 0. The van der Waals surface area contributed by atoms with Gasteiger partial charge in [-0.1, -0.05) is 66.7 Å². The van der Waals surface area contributed by atoms with Crippen molar-refractivity contribution in [3.05, 3.63) is 89.9 Å². The molecule has 0 aliphatic heterocycles. The van der Waals surface area contributed by atoms with Crippen LogP contribution in [0, 0.1) is 0 Å². The van der Waals surface area contributed by atoms with Gasteiger partial charge < -0.3 is 0 Å². The number of fused-ring (bicyclic) bond motifs is 1. The van der Waals surface area contributed by atoms with Crippen LogP contribution in [0.2, 0.25) is 0 Å². The molecule has 0 amide bonds. The summed E-state index contributed by atoms with van der Waals surface area (Å²) < 4.78 is 42.9. The van der Waals surface area contributed by atoms with E-state index in [-0.39, 0.29) is 11.3 Å². The molecule has 0 atom stereocenters. The topological polar surface area (TPSA) is 30.2 Å². The molecule has 3 nitrogen and oxygen atoms in total. The first kappa shape index (κ1) is 18.6. The molecule has 0 aliphatic rings. The van der Waals surface area contributed by atoms with Gasteiger partial charge in [-0.2, -0.15) is 18.3 Å². The molecule has 30 heavy (non-hydrogen) atoms. The third-order valence-electron chi connectivity index (χ3n) is 4.76. The smallest absolute Gasteiger partial charge is 0.227 e. The molecule has 0 bridgehead atoms. The maximum atomic E-state index is 14.0. The predicted octanol–water partition coefficient (Wildman–Crippen LogP) is 6.81. The zero-order valence-electron chi connectivity index (χ0n) is 15.5. The van der Waals surface area contributed by atoms with Gasteiger partial charge in [-0.3, -0.25) is 0 Å². The minimum absolute atomic E-state index is 0.179. The van der Waals surface area contributed by atoms with Gasteiger partial charge in [0.15, 0.2) is 11.3 Å². The van der Waals surface area contributed by atoms with Crippen LogP contribution in [0.15, 0.2) is 84.2 Å². The highest BCUT2D eigenvalue weighted by molar-refractivity contribution is 7.13. The Labute approximate surface area is 174 Å². The van der Waals surface area contributed by atoms with E-state index >= 15 is 0 Å². The first-order valence-corrected chi connectivity index (χ1v) is 10.1. The minimum Gasteiger partial charge on any atom is -0.227 e. The lowest BCUT2D eigenvalue weighted by Gasteiger charge is -2.11. The van der Waals surface area contributed by atoms with E-state index in [1.54, 1.807) is 12.1 Å². The molecule has 2 aromatic carbocycles. The fraction of sp³-hybridized carbons (Fsp3) is 0.0435. The molecule has 0 fully saturated rings. The van der Waals surface area contributed by atoms with Gasteiger partial charge in [0, 0.05) is 5.56 Å². The fourth-order valence-electron chi connectivity index (χ4n) is 3.44. The van der Waals surface area contributed by atoms with E-state index in [0.717, 1.165) is 21.7 Å².